The summed E-state index contributed by atoms with van der Waals surface area (Å²) in [6.45, 7) is 3.48. The Morgan fingerprint density at radius 1 is 0.818 bits per heavy atom. The Bertz CT molecular complexity index is 316. The van der Waals surface area contributed by atoms with Gasteiger partial charge in [0.2, 0.25) is 0 Å². The monoisotopic (exact) mass is 305 g/mol. The van der Waals surface area contributed by atoms with Crippen LogP contribution in [0.3, 0.4) is 0 Å². The fourth-order valence-electron chi connectivity index (χ4n) is 3.69. The molecule has 1 unspecified atom stereocenters. The second-order valence-electron chi connectivity index (χ2n) is 7.52. The van der Waals surface area contributed by atoms with Gasteiger partial charge in [-0.25, -0.2) is 0 Å². The van der Waals surface area contributed by atoms with Crippen LogP contribution in [-0.4, -0.2) is 25.5 Å². The molecule has 1 heteroatoms. The van der Waals surface area contributed by atoms with E-state index >= 15 is 0 Å². The Morgan fingerprint density at radius 2 is 1.41 bits per heavy atom. The maximum Gasteiger partial charge on any atom is 0.00697 e. The SMILES string of the molecule is CCCCCCCCCCCCC1(CN(C)C)C=CC=CC1. The fourth-order valence-corrected chi connectivity index (χ4v) is 3.69. The van der Waals surface area contributed by atoms with Crippen molar-refractivity contribution in [1.29, 1.82) is 0 Å². The van der Waals surface area contributed by atoms with E-state index in [9.17, 15) is 0 Å². The van der Waals surface area contributed by atoms with E-state index in [2.05, 4.69) is 50.2 Å². The van der Waals surface area contributed by atoms with Crippen molar-refractivity contribution in [3.63, 3.8) is 0 Å². The zero-order valence-electron chi connectivity index (χ0n) is 15.4. The average Bonchev–Trinajstić information content (AvgIpc) is 2.49. The van der Waals surface area contributed by atoms with E-state index in [0.29, 0.717) is 5.41 Å². The molecule has 0 aliphatic heterocycles. The fraction of sp³-hybridized carbons (Fsp3) is 0.810. The van der Waals surface area contributed by atoms with Crippen molar-refractivity contribution in [3.05, 3.63) is 24.3 Å². The molecule has 0 amide bonds. The van der Waals surface area contributed by atoms with Crippen molar-refractivity contribution < 1.29 is 0 Å². The molecule has 1 aliphatic rings. The second-order valence-corrected chi connectivity index (χ2v) is 7.52. The summed E-state index contributed by atoms with van der Waals surface area (Å²) in [4.78, 5) is 2.35. The van der Waals surface area contributed by atoms with Gasteiger partial charge in [-0.2, -0.15) is 0 Å². The zero-order chi connectivity index (χ0) is 16.1. The molecule has 0 spiro atoms. The molecule has 0 saturated heterocycles. The molecule has 0 aromatic heterocycles. The molecule has 22 heavy (non-hydrogen) atoms. The van der Waals surface area contributed by atoms with Crippen molar-refractivity contribution in [3.8, 4) is 0 Å². The Kier molecular flexibility index (Phi) is 10.6. The molecule has 0 fully saturated rings. The van der Waals surface area contributed by atoms with Gasteiger partial charge < -0.3 is 4.90 Å². The van der Waals surface area contributed by atoms with E-state index in [1.807, 2.05) is 0 Å². The first-order valence-electron chi connectivity index (χ1n) is 9.68. The van der Waals surface area contributed by atoms with E-state index in [1.54, 1.807) is 0 Å². The molecule has 0 saturated carbocycles. The van der Waals surface area contributed by atoms with Crippen LogP contribution >= 0.6 is 0 Å². The van der Waals surface area contributed by atoms with Gasteiger partial charge in [-0.3, -0.25) is 0 Å². The molecule has 0 heterocycles. The Balaban J connectivity index is 2.06. The standard InChI is InChI=1S/C21H39N/c1-4-5-6-7-8-9-10-11-12-14-17-21(20-22(2)3)18-15-13-16-19-21/h13,15-16,18H,4-12,14,17,19-20H2,1-3H3. The first-order valence-corrected chi connectivity index (χ1v) is 9.68. The van der Waals surface area contributed by atoms with Crippen LogP contribution < -0.4 is 0 Å². The third-order valence-corrected chi connectivity index (χ3v) is 4.88. The molecule has 0 bridgehead atoms. The molecule has 0 radical (unpaired) electrons. The number of unbranched alkanes of at least 4 members (excludes halogenated alkanes) is 9. The van der Waals surface area contributed by atoms with Crippen molar-refractivity contribution in [2.24, 2.45) is 5.41 Å². The molecule has 1 nitrogen and oxygen atoms in total. The molecule has 1 aliphatic carbocycles. The number of hydrogen-bond acceptors (Lipinski definition) is 1. The summed E-state index contributed by atoms with van der Waals surface area (Å²) < 4.78 is 0. The predicted molar refractivity (Wildman–Crippen MR) is 100 cm³/mol. The van der Waals surface area contributed by atoms with Gasteiger partial charge in [-0.05, 0) is 26.9 Å². The van der Waals surface area contributed by atoms with Gasteiger partial charge in [0.15, 0.2) is 0 Å². The summed E-state index contributed by atoms with van der Waals surface area (Å²) in [6, 6.07) is 0. The summed E-state index contributed by atoms with van der Waals surface area (Å²) in [5.74, 6) is 0. The molecule has 0 aromatic carbocycles. The number of rotatable bonds is 13. The van der Waals surface area contributed by atoms with E-state index in [4.69, 9.17) is 0 Å². The van der Waals surface area contributed by atoms with Crippen molar-refractivity contribution in [1.82, 2.24) is 4.90 Å². The lowest BCUT2D eigenvalue weighted by atomic mass is 9.77. The molecular weight excluding hydrogens is 266 g/mol. The summed E-state index contributed by atoms with van der Waals surface area (Å²) in [5, 5.41) is 0. The van der Waals surface area contributed by atoms with Crippen molar-refractivity contribution in [2.45, 2.75) is 84.0 Å². The topological polar surface area (TPSA) is 3.24 Å². The number of nitrogens with zero attached hydrogens (tertiary/aromatic N) is 1. The molecule has 1 rings (SSSR count). The van der Waals surface area contributed by atoms with Crippen LogP contribution in [0, 0.1) is 5.41 Å². The second kappa shape index (κ2) is 11.9. The first-order chi connectivity index (χ1) is 10.7. The molecule has 0 aromatic rings. The smallest absolute Gasteiger partial charge is 0.00697 e. The number of allylic oxidation sites excluding steroid dienone is 3. The summed E-state index contributed by atoms with van der Waals surface area (Å²) in [5.41, 5.74) is 0.401. The van der Waals surface area contributed by atoms with E-state index < -0.39 is 0 Å². The van der Waals surface area contributed by atoms with Gasteiger partial charge in [0.1, 0.15) is 0 Å². The minimum atomic E-state index is 0.401. The minimum Gasteiger partial charge on any atom is -0.309 e. The minimum absolute atomic E-state index is 0.401. The lowest BCUT2D eigenvalue weighted by Gasteiger charge is -2.34. The largest absolute Gasteiger partial charge is 0.309 e. The summed E-state index contributed by atoms with van der Waals surface area (Å²) in [7, 11) is 4.40. The van der Waals surface area contributed by atoms with E-state index in [-0.39, 0.29) is 0 Å². The third kappa shape index (κ3) is 8.78. The predicted octanol–water partition coefficient (Wildman–Crippen LogP) is 6.36. The van der Waals surface area contributed by atoms with Crippen LogP contribution in [0.4, 0.5) is 0 Å². The Morgan fingerprint density at radius 3 is 1.91 bits per heavy atom. The van der Waals surface area contributed by atoms with Gasteiger partial charge in [0, 0.05) is 12.0 Å². The molecule has 128 valence electrons. The van der Waals surface area contributed by atoms with Crippen LogP contribution in [0.15, 0.2) is 24.3 Å². The zero-order valence-corrected chi connectivity index (χ0v) is 15.4. The maximum absolute atomic E-state index is 2.46. The van der Waals surface area contributed by atoms with Crippen molar-refractivity contribution in [2.75, 3.05) is 20.6 Å². The Labute approximate surface area is 139 Å². The third-order valence-electron chi connectivity index (χ3n) is 4.88. The lowest BCUT2D eigenvalue weighted by Crippen LogP contribution is -2.32. The van der Waals surface area contributed by atoms with Gasteiger partial charge in [-0.15, -0.1) is 0 Å². The number of hydrogen-bond donors (Lipinski definition) is 0. The van der Waals surface area contributed by atoms with Crippen LogP contribution in [0.5, 0.6) is 0 Å². The van der Waals surface area contributed by atoms with Crippen LogP contribution in [0.2, 0.25) is 0 Å². The van der Waals surface area contributed by atoms with Crippen LogP contribution in [-0.2, 0) is 0 Å². The van der Waals surface area contributed by atoms with Gasteiger partial charge in [-0.1, -0.05) is 95.4 Å². The first kappa shape index (κ1) is 19.5. The maximum atomic E-state index is 2.46. The van der Waals surface area contributed by atoms with E-state index in [0.717, 1.165) is 0 Å². The molecule has 0 N–H and O–H groups in total. The normalized spacial score (nSPS) is 20.9. The van der Waals surface area contributed by atoms with Gasteiger partial charge >= 0.3 is 0 Å². The van der Waals surface area contributed by atoms with Gasteiger partial charge in [0.05, 0.1) is 0 Å². The van der Waals surface area contributed by atoms with Gasteiger partial charge in [0.25, 0.3) is 0 Å². The van der Waals surface area contributed by atoms with Crippen LogP contribution in [0.1, 0.15) is 84.0 Å². The average molecular weight is 306 g/mol. The lowest BCUT2D eigenvalue weighted by molar-refractivity contribution is 0.231. The highest BCUT2D eigenvalue weighted by molar-refractivity contribution is 5.17. The highest BCUT2D eigenvalue weighted by Crippen LogP contribution is 2.34. The highest BCUT2D eigenvalue weighted by atomic mass is 15.1. The summed E-state index contributed by atoms with van der Waals surface area (Å²) in [6.07, 6.45) is 26.1. The molecule has 1 atom stereocenters. The quantitative estimate of drug-likeness (QED) is 0.358. The summed E-state index contributed by atoms with van der Waals surface area (Å²) >= 11 is 0. The highest BCUT2D eigenvalue weighted by Gasteiger charge is 2.27. The van der Waals surface area contributed by atoms with Crippen molar-refractivity contribution >= 4 is 0 Å². The Hall–Kier alpha value is -0.560. The van der Waals surface area contributed by atoms with E-state index in [1.165, 1.54) is 83.6 Å². The molecular formula is C21H39N. The van der Waals surface area contributed by atoms with Crippen LogP contribution in [0.25, 0.3) is 0 Å².